The van der Waals surface area contributed by atoms with Crippen LogP contribution < -0.4 is 4.90 Å². The molecule has 0 saturated heterocycles. The Hall–Kier alpha value is -3.29. The average molecular weight is 361 g/mol. The van der Waals surface area contributed by atoms with Crippen molar-refractivity contribution in [2.45, 2.75) is 33.7 Å². The second-order valence-corrected chi connectivity index (χ2v) is 7.01. The van der Waals surface area contributed by atoms with Gasteiger partial charge in [0.15, 0.2) is 5.82 Å². The molecule has 0 radical (unpaired) electrons. The summed E-state index contributed by atoms with van der Waals surface area (Å²) in [5, 5.41) is 4.45. The summed E-state index contributed by atoms with van der Waals surface area (Å²) >= 11 is 0. The van der Waals surface area contributed by atoms with Crippen molar-refractivity contribution >= 4 is 28.7 Å². The quantitative estimate of drug-likeness (QED) is 0.545. The first kappa shape index (κ1) is 15.9. The van der Waals surface area contributed by atoms with Crippen LogP contribution in [0.25, 0.3) is 16.8 Å². The van der Waals surface area contributed by atoms with Gasteiger partial charge in [0.1, 0.15) is 0 Å². The topological polar surface area (TPSA) is 81.2 Å². The number of anilines is 1. The second-order valence-electron chi connectivity index (χ2n) is 7.01. The van der Waals surface area contributed by atoms with Gasteiger partial charge in [0.25, 0.3) is 5.78 Å². The number of carbonyl (C=O) groups excluding carboxylic acids is 1. The lowest BCUT2D eigenvalue weighted by atomic mass is 10.2. The van der Waals surface area contributed by atoms with E-state index < -0.39 is 0 Å². The highest BCUT2D eigenvalue weighted by Gasteiger charge is 2.29. The summed E-state index contributed by atoms with van der Waals surface area (Å²) in [5.41, 5.74) is 4.96. The lowest BCUT2D eigenvalue weighted by Gasteiger charge is -2.12. The van der Waals surface area contributed by atoms with Crippen molar-refractivity contribution in [3.63, 3.8) is 0 Å². The van der Waals surface area contributed by atoms with Crippen molar-refractivity contribution in [2.24, 2.45) is 0 Å². The van der Waals surface area contributed by atoms with Crippen LogP contribution in [0.15, 0.2) is 24.3 Å². The maximum atomic E-state index is 12.9. The number of hydrogen-bond acceptors (Lipinski definition) is 5. The molecule has 0 fully saturated rings. The Morgan fingerprint density at radius 3 is 2.81 bits per heavy atom. The fourth-order valence-electron chi connectivity index (χ4n) is 3.75. The molecule has 0 aliphatic carbocycles. The summed E-state index contributed by atoms with van der Waals surface area (Å²) in [4.78, 5) is 28.2. The lowest BCUT2D eigenvalue weighted by Crippen LogP contribution is -2.31. The third kappa shape index (κ3) is 2.40. The van der Waals surface area contributed by atoms with Crippen molar-refractivity contribution in [2.75, 3.05) is 11.4 Å². The zero-order chi connectivity index (χ0) is 18.7. The van der Waals surface area contributed by atoms with Gasteiger partial charge >= 0.3 is 0 Å². The fourth-order valence-corrected chi connectivity index (χ4v) is 3.75. The van der Waals surface area contributed by atoms with Gasteiger partial charge in [-0.05, 0) is 38.5 Å². The molecule has 0 spiro atoms. The zero-order valence-corrected chi connectivity index (χ0v) is 15.5. The van der Waals surface area contributed by atoms with Crippen molar-refractivity contribution in [3.05, 3.63) is 47.0 Å². The number of carbonyl (C=O) groups is 1. The third-order valence-corrected chi connectivity index (χ3v) is 5.02. The standard InChI is InChI=1S/C19H19N7O/c1-11-5-4-6-14-17(11)22-19-24(14)7-8-25(19)16(27)10-15-21-18-20-12(2)9-13(3)26(18)23-15/h4-6,9H,7-8,10H2,1-3H3. The SMILES string of the molecule is Cc1cc(C)n2nc(CC(=O)N3CCn4c3nc3c(C)cccc34)nc2n1. The van der Waals surface area contributed by atoms with E-state index in [0.29, 0.717) is 24.1 Å². The average Bonchev–Trinajstić information content (AvgIpc) is 3.28. The Labute approximate surface area is 155 Å². The maximum Gasteiger partial charge on any atom is 0.252 e. The molecule has 3 aromatic heterocycles. The van der Waals surface area contributed by atoms with Gasteiger partial charge in [-0.3, -0.25) is 9.69 Å². The Morgan fingerprint density at radius 2 is 1.96 bits per heavy atom. The number of imidazole rings is 1. The van der Waals surface area contributed by atoms with E-state index in [1.807, 2.05) is 45.0 Å². The zero-order valence-electron chi connectivity index (χ0n) is 15.5. The molecule has 27 heavy (non-hydrogen) atoms. The van der Waals surface area contributed by atoms with Crippen LogP contribution in [0.1, 0.15) is 22.8 Å². The maximum absolute atomic E-state index is 12.9. The van der Waals surface area contributed by atoms with Crippen molar-refractivity contribution < 1.29 is 4.79 Å². The minimum Gasteiger partial charge on any atom is -0.308 e. The Balaban J connectivity index is 1.47. The summed E-state index contributed by atoms with van der Waals surface area (Å²) in [5.74, 6) is 1.66. The Morgan fingerprint density at radius 1 is 1.11 bits per heavy atom. The summed E-state index contributed by atoms with van der Waals surface area (Å²) < 4.78 is 3.78. The molecular weight excluding hydrogens is 342 g/mol. The molecule has 8 heteroatoms. The number of amides is 1. The van der Waals surface area contributed by atoms with Gasteiger partial charge in [-0.1, -0.05) is 12.1 Å². The number of benzene rings is 1. The van der Waals surface area contributed by atoms with Gasteiger partial charge in [-0.2, -0.15) is 4.98 Å². The van der Waals surface area contributed by atoms with Crippen LogP contribution in [0.4, 0.5) is 5.95 Å². The molecule has 136 valence electrons. The summed E-state index contributed by atoms with van der Waals surface area (Å²) in [7, 11) is 0. The summed E-state index contributed by atoms with van der Waals surface area (Å²) in [6.45, 7) is 7.28. The van der Waals surface area contributed by atoms with Crippen molar-refractivity contribution in [1.29, 1.82) is 0 Å². The van der Waals surface area contributed by atoms with E-state index in [4.69, 9.17) is 4.98 Å². The molecule has 1 aromatic carbocycles. The summed E-state index contributed by atoms with van der Waals surface area (Å²) in [6, 6.07) is 8.05. The highest BCUT2D eigenvalue weighted by atomic mass is 16.2. The molecule has 4 aromatic rings. The van der Waals surface area contributed by atoms with Gasteiger partial charge < -0.3 is 4.57 Å². The van der Waals surface area contributed by atoms with Crippen LogP contribution in [-0.2, 0) is 17.8 Å². The predicted molar refractivity (Wildman–Crippen MR) is 101 cm³/mol. The van der Waals surface area contributed by atoms with Gasteiger partial charge in [0.05, 0.1) is 17.5 Å². The van der Waals surface area contributed by atoms with Gasteiger partial charge in [0.2, 0.25) is 11.9 Å². The van der Waals surface area contributed by atoms with Crippen molar-refractivity contribution in [1.82, 2.24) is 29.1 Å². The van der Waals surface area contributed by atoms with E-state index in [0.717, 1.165) is 34.5 Å². The lowest BCUT2D eigenvalue weighted by molar-refractivity contribution is -0.118. The van der Waals surface area contributed by atoms with Crippen LogP contribution in [-0.4, -0.2) is 41.6 Å². The minimum absolute atomic E-state index is 0.0491. The highest BCUT2D eigenvalue weighted by Crippen LogP contribution is 2.29. The number of fused-ring (bicyclic) bond motifs is 4. The second kappa shape index (κ2) is 5.60. The minimum atomic E-state index is -0.0491. The number of aromatic nitrogens is 6. The number of hydrogen-bond donors (Lipinski definition) is 0. The molecule has 1 aliphatic heterocycles. The molecule has 4 heterocycles. The number of aryl methyl sites for hydroxylation is 3. The fraction of sp³-hybridized carbons (Fsp3) is 0.316. The van der Waals surface area contributed by atoms with E-state index in [9.17, 15) is 4.79 Å². The number of nitrogens with zero attached hydrogens (tertiary/aromatic N) is 7. The molecule has 1 amide bonds. The first-order chi connectivity index (χ1) is 13.0. The normalized spacial score (nSPS) is 13.7. The smallest absolute Gasteiger partial charge is 0.252 e. The molecule has 5 rings (SSSR count). The van der Waals surface area contributed by atoms with E-state index >= 15 is 0 Å². The summed E-state index contributed by atoms with van der Waals surface area (Å²) in [6.07, 6.45) is 0.129. The van der Waals surface area contributed by atoms with Crippen LogP contribution in [0.2, 0.25) is 0 Å². The van der Waals surface area contributed by atoms with Crippen LogP contribution >= 0.6 is 0 Å². The largest absolute Gasteiger partial charge is 0.308 e. The highest BCUT2D eigenvalue weighted by molar-refractivity contribution is 5.96. The number of rotatable bonds is 2. The van der Waals surface area contributed by atoms with Crippen LogP contribution in [0.5, 0.6) is 0 Å². The van der Waals surface area contributed by atoms with E-state index in [1.165, 1.54) is 0 Å². The molecule has 0 saturated carbocycles. The molecule has 0 bridgehead atoms. The molecule has 0 unspecified atom stereocenters. The van der Waals surface area contributed by atoms with E-state index in [2.05, 4.69) is 19.6 Å². The van der Waals surface area contributed by atoms with Gasteiger partial charge in [-0.15, -0.1) is 5.10 Å². The molecule has 0 atom stereocenters. The van der Waals surface area contributed by atoms with Crippen LogP contribution in [0, 0.1) is 20.8 Å². The van der Waals surface area contributed by atoms with Crippen molar-refractivity contribution in [3.8, 4) is 0 Å². The van der Waals surface area contributed by atoms with Gasteiger partial charge in [0, 0.05) is 24.5 Å². The third-order valence-electron chi connectivity index (χ3n) is 5.02. The number of para-hydroxylation sites is 1. The predicted octanol–water partition coefficient (Wildman–Crippen LogP) is 1.99. The molecule has 0 N–H and O–H groups in total. The molecule has 1 aliphatic rings. The molecular formula is C19H19N7O. The van der Waals surface area contributed by atoms with E-state index in [-0.39, 0.29) is 12.3 Å². The van der Waals surface area contributed by atoms with Crippen LogP contribution in [0.3, 0.4) is 0 Å². The molecule has 8 nitrogen and oxygen atoms in total. The van der Waals surface area contributed by atoms with E-state index in [1.54, 1.807) is 9.42 Å². The first-order valence-electron chi connectivity index (χ1n) is 8.97. The Bertz CT molecular complexity index is 1220. The first-order valence-corrected chi connectivity index (χ1v) is 8.97. The monoisotopic (exact) mass is 361 g/mol. The Kier molecular flexibility index (Phi) is 3.30. The van der Waals surface area contributed by atoms with Gasteiger partial charge in [-0.25, -0.2) is 14.5 Å².